The van der Waals surface area contributed by atoms with Gasteiger partial charge in [0, 0.05) is 11.1 Å². The number of para-hydroxylation sites is 1. The molecule has 0 aliphatic rings. The maximum Gasteiger partial charge on any atom is 0.274 e. The van der Waals surface area contributed by atoms with E-state index in [9.17, 15) is 8.42 Å². The van der Waals surface area contributed by atoms with Crippen LogP contribution < -0.4 is 5.14 Å². The average Bonchev–Trinajstić information content (AvgIpc) is 2.85. The van der Waals surface area contributed by atoms with E-state index in [-0.39, 0.29) is 10.6 Å². The molecule has 0 fully saturated rings. The van der Waals surface area contributed by atoms with E-state index in [0.717, 1.165) is 6.42 Å². The van der Waals surface area contributed by atoms with Crippen molar-refractivity contribution >= 4 is 10.0 Å². The van der Waals surface area contributed by atoms with E-state index < -0.39 is 10.0 Å². The zero-order chi connectivity index (χ0) is 15.0. The minimum atomic E-state index is -3.94. The third-order valence-electron chi connectivity index (χ3n) is 3.39. The molecular formula is C13H18N4O2S. The largest absolute Gasteiger partial charge is 0.274 e. The summed E-state index contributed by atoms with van der Waals surface area (Å²) in [5, 5.41) is 12.8. The summed E-state index contributed by atoms with van der Waals surface area (Å²) in [5.41, 5.74) is 0.365. The predicted molar refractivity (Wildman–Crippen MR) is 76.0 cm³/mol. The van der Waals surface area contributed by atoms with Crippen molar-refractivity contribution in [2.45, 2.75) is 37.8 Å². The molecule has 2 rings (SSSR count). The first-order valence-corrected chi connectivity index (χ1v) is 7.86. The lowest BCUT2D eigenvalue weighted by Gasteiger charge is -2.22. The van der Waals surface area contributed by atoms with Gasteiger partial charge in [0.25, 0.3) is 15.2 Å². The van der Waals surface area contributed by atoms with Gasteiger partial charge in [0.2, 0.25) is 0 Å². The van der Waals surface area contributed by atoms with Gasteiger partial charge in [0.15, 0.2) is 0 Å². The van der Waals surface area contributed by atoms with Crippen molar-refractivity contribution in [3.8, 4) is 5.69 Å². The lowest BCUT2D eigenvalue weighted by molar-refractivity contribution is 0.460. The van der Waals surface area contributed by atoms with Gasteiger partial charge in [-0.05, 0) is 18.6 Å². The van der Waals surface area contributed by atoms with E-state index in [0.29, 0.717) is 11.5 Å². The lowest BCUT2D eigenvalue weighted by atomic mass is 9.89. The van der Waals surface area contributed by atoms with Crippen molar-refractivity contribution < 1.29 is 8.42 Å². The third-order valence-corrected chi connectivity index (χ3v) is 4.16. The van der Waals surface area contributed by atoms with Gasteiger partial charge >= 0.3 is 0 Å². The normalized spacial score (nSPS) is 12.6. The Bertz CT molecular complexity index is 705. The summed E-state index contributed by atoms with van der Waals surface area (Å²) < 4.78 is 24.9. The van der Waals surface area contributed by atoms with E-state index in [1.807, 2.05) is 39.0 Å². The number of nitrogens with zero attached hydrogens (tertiary/aromatic N) is 3. The molecule has 0 saturated carbocycles. The Hall–Kier alpha value is -1.73. The molecule has 2 N–H and O–H groups in total. The summed E-state index contributed by atoms with van der Waals surface area (Å²) in [6.07, 6.45) is 0.794. The molecule has 1 heterocycles. The molecule has 0 aliphatic carbocycles. The topological polar surface area (TPSA) is 90.9 Å². The van der Waals surface area contributed by atoms with Crippen LogP contribution in [0.2, 0.25) is 0 Å². The van der Waals surface area contributed by atoms with Crippen LogP contribution in [0, 0.1) is 0 Å². The summed E-state index contributed by atoms with van der Waals surface area (Å²) in [4.78, 5) is 0. The monoisotopic (exact) mass is 294 g/mol. The van der Waals surface area contributed by atoms with Crippen molar-refractivity contribution in [2.24, 2.45) is 5.14 Å². The number of primary sulfonamides is 1. The van der Waals surface area contributed by atoms with E-state index in [1.165, 1.54) is 4.57 Å². The summed E-state index contributed by atoms with van der Waals surface area (Å²) in [6.45, 7) is 5.99. The average molecular weight is 294 g/mol. The molecule has 1 aromatic carbocycles. The number of hydrogen-bond acceptors (Lipinski definition) is 4. The SMILES string of the molecule is CCC(C)(C)c1nnc(S(N)(=O)=O)n1-c1ccccc1. The first-order chi connectivity index (χ1) is 9.27. The Morgan fingerprint density at radius 2 is 1.80 bits per heavy atom. The molecule has 0 spiro atoms. The first kappa shape index (κ1) is 14.7. The molecule has 0 saturated heterocycles. The fourth-order valence-corrected chi connectivity index (χ4v) is 2.46. The van der Waals surface area contributed by atoms with Crippen LogP contribution in [0.25, 0.3) is 5.69 Å². The highest BCUT2D eigenvalue weighted by molar-refractivity contribution is 7.89. The number of hydrogen-bond donors (Lipinski definition) is 1. The van der Waals surface area contributed by atoms with Crippen LogP contribution in [0.1, 0.15) is 33.0 Å². The van der Waals surface area contributed by atoms with Gasteiger partial charge in [0.05, 0.1) is 0 Å². The van der Waals surface area contributed by atoms with Gasteiger partial charge in [-0.1, -0.05) is 39.0 Å². The standard InChI is InChI=1S/C13H18N4O2S/c1-4-13(2,3)11-15-16-12(20(14,18)19)17(11)10-8-6-5-7-9-10/h5-9H,4H2,1-3H3,(H2,14,18,19). The van der Waals surface area contributed by atoms with Crippen LogP contribution >= 0.6 is 0 Å². The second-order valence-electron chi connectivity index (χ2n) is 5.26. The lowest BCUT2D eigenvalue weighted by Crippen LogP contribution is -2.24. The molecule has 0 radical (unpaired) electrons. The van der Waals surface area contributed by atoms with Crippen LogP contribution in [0.15, 0.2) is 35.5 Å². The molecule has 108 valence electrons. The molecule has 1 aromatic heterocycles. The molecule has 0 amide bonds. The number of benzene rings is 1. The fourth-order valence-electron chi connectivity index (χ4n) is 1.86. The van der Waals surface area contributed by atoms with Crippen LogP contribution in [0.5, 0.6) is 0 Å². The third kappa shape index (κ3) is 2.59. The van der Waals surface area contributed by atoms with Crippen molar-refractivity contribution in [1.29, 1.82) is 0 Å². The summed E-state index contributed by atoms with van der Waals surface area (Å²) in [6, 6.07) is 9.10. The number of sulfonamides is 1. The molecule has 0 unspecified atom stereocenters. The summed E-state index contributed by atoms with van der Waals surface area (Å²) >= 11 is 0. The number of rotatable bonds is 4. The first-order valence-electron chi connectivity index (χ1n) is 6.31. The van der Waals surface area contributed by atoms with Gasteiger partial charge in [-0.2, -0.15) is 0 Å². The molecular weight excluding hydrogens is 276 g/mol. The van der Waals surface area contributed by atoms with Crippen LogP contribution in [-0.4, -0.2) is 23.2 Å². The second kappa shape index (κ2) is 4.99. The Morgan fingerprint density at radius 1 is 1.20 bits per heavy atom. The van der Waals surface area contributed by atoms with Crippen molar-refractivity contribution in [3.05, 3.63) is 36.2 Å². The van der Waals surface area contributed by atoms with E-state index in [2.05, 4.69) is 10.2 Å². The Morgan fingerprint density at radius 3 is 2.30 bits per heavy atom. The smallest absolute Gasteiger partial charge is 0.268 e. The molecule has 0 aliphatic heterocycles. The quantitative estimate of drug-likeness (QED) is 0.927. The van der Waals surface area contributed by atoms with Crippen molar-refractivity contribution in [2.75, 3.05) is 0 Å². The highest BCUT2D eigenvalue weighted by atomic mass is 32.2. The van der Waals surface area contributed by atoms with Crippen molar-refractivity contribution in [3.63, 3.8) is 0 Å². The second-order valence-corrected chi connectivity index (χ2v) is 6.71. The minimum absolute atomic E-state index is 0.236. The van der Waals surface area contributed by atoms with Gasteiger partial charge < -0.3 is 0 Å². The van der Waals surface area contributed by atoms with Crippen LogP contribution in [-0.2, 0) is 15.4 Å². The van der Waals surface area contributed by atoms with Gasteiger partial charge in [0.1, 0.15) is 5.82 Å². The van der Waals surface area contributed by atoms with E-state index in [1.54, 1.807) is 12.1 Å². The van der Waals surface area contributed by atoms with Crippen LogP contribution in [0.3, 0.4) is 0 Å². The maximum atomic E-state index is 11.7. The Balaban J connectivity index is 2.77. The molecule has 2 aromatic rings. The van der Waals surface area contributed by atoms with E-state index in [4.69, 9.17) is 5.14 Å². The Labute approximate surface area is 118 Å². The fraction of sp³-hybridized carbons (Fsp3) is 0.385. The maximum absolute atomic E-state index is 11.7. The van der Waals surface area contributed by atoms with Gasteiger partial charge in [-0.25, -0.2) is 13.6 Å². The predicted octanol–water partition coefficient (Wildman–Crippen LogP) is 1.60. The number of aromatic nitrogens is 3. The zero-order valence-corrected chi connectivity index (χ0v) is 12.6. The van der Waals surface area contributed by atoms with E-state index >= 15 is 0 Å². The summed E-state index contributed by atoms with van der Waals surface area (Å²) in [7, 11) is -3.94. The molecule has 0 bridgehead atoms. The molecule has 7 heteroatoms. The summed E-state index contributed by atoms with van der Waals surface area (Å²) in [5.74, 6) is 0.579. The molecule has 6 nitrogen and oxygen atoms in total. The highest BCUT2D eigenvalue weighted by Crippen LogP contribution is 2.29. The van der Waals surface area contributed by atoms with Gasteiger partial charge in [-0.3, -0.25) is 4.57 Å². The molecule has 20 heavy (non-hydrogen) atoms. The van der Waals surface area contributed by atoms with Gasteiger partial charge in [-0.15, -0.1) is 10.2 Å². The highest BCUT2D eigenvalue weighted by Gasteiger charge is 2.30. The molecule has 0 atom stereocenters. The zero-order valence-electron chi connectivity index (χ0n) is 11.7. The minimum Gasteiger partial charge on any atom is -0.268 e. The Kier molecular flexibility index (Phi) is 3.66. The van der Waals surface area contributed by atoms with Crippen molar-refractivity contribution in [1.82, 2.24) is 14.8 Å². The van der Waals surface area contributed by atoms with Crippen LogP contribution in [0.4, 0.5) is 0 Å². The number of nitrogens with two attached hydrogens (primary N) is 1.